The second-order valence-corrected chi connectivity index (χ2v) is 8.37. The van der Waals surface area contributed by atoms with Gasteiger partial charge >= 0.3 is 0 Å². The number of hydrogen-bond acceptors (Lipinski definition) is 4. The van der Waals surface area contributed by atoms with Crippen LogP contribution in [0.2, 0.25) is 0 Å². The van der Waals surface area contributed by atoms with E-state index in [1.54, 1.807) is 6.08 Å². The first-order valence-corrected chi connectivity index (χ1v) is 9.30. The van der Waals surface area contributed by atoms with Gasteiger partial charge in [0.05, 0.1) is 4.91 Å². The Morgan fingerprint density at radius 1 is 1.36 bits per heavy atom. The molecule has 0 bridgehead atoms. The maximum atomic E-state index is 12.4. The average molecular weight is 356 g/mol. The van der Waals surface area contributed by atoms with Crippen LogP contribution in [-0.4, -0.2) is 35.2 Å². The molecule has 2 heterocycles. The highest BCUT2D eigenvalue weighted by Gasteiger charge is 2.35. The van der Waals surface area contributed by atoms with Gasteiger partial charge in [-0.15, -0.1) is 6.58 Å². The molecule has 0 N–H and O–H groups in total. The summed E-state index contributed by atoms with van der Waals surface area (Å²) in [6.07, 6.45) is 4.47. The lowest BCUT2D eigenvalue weighted by Crippen LogP contribution is -2.45. The Labute approximate surface area is 153 Å². The van der Waals surface area contributed by atoms with Crippen molar-refractivity contribution < 1.29 is 9.59 Å². The van der Waals surface area contributed by atoms with Crippen LogP contribution in [-0.2, 0) is 4.79 Å². The number of imide groups is 1. The Hall–Kier alpha value is -2.01. The quantitative estimate of drug-likeness (QED) is 0.585. The summed E-state index contributed by atoms with van der Waals surface area (Å²) in [5.74, 6) is 0.212. The van der Waals surface area contributed by atoms with E-state index in [1.807, 2.05) is 12.1 Å². The summed E-state index contributed by atoms with van der Waals surface area (Å²) in [5.41, 5.74) is 3.62. The van der Waals surface area contributed by atoms with E-state index in [-0.39, 0.29) is 23.2 Å². The van der Waals surface area contributed by atoms with Crippen molar-refractivity contribution in [3.63, 3.8) is 0 Å². The molecule has 5 heteroatoms. The molecule has 132 valence electrons. The molecule has 1 atom stereocenters. The molecule has 1 fully saturated rings. The minimum Gasteiger partial charge on any atom is -0.369 e. The van der Waals surface area contributed by atoms with Gasteiger partial charge in [0, 0.05) is 24.8 Å². The number of fused-ring (bicyclic) bond motifs is 1. The third-order valence-corrected chi connectivity index (χ3v) is 6.05. The van der Waals surface area contributed by atoms with Gasteiger partial charge in [-0.1, -0.05) is 19.1 Å². The van der Waals surface area contributed by atoms with Crippen LogP contribution in [0.15, 0.2) is 35.8 Å². The normalized spacial score (nSPS) is 24.0. The van der Waals surface area contributed by atoms with Crippen LogP contribution in [0.4, 0.5) is 10.5 Å². The molecule has 0 unspecified atom stereocenters. The van der Waals surface area contributed by atoms with Crippen molar-refractivity contribution in [2.75, 3.05) is 18.5 Å². The van der Waals surface area contributed by atoms with Crippen LogP contribution >= 0.6 is 11.8 Å². The lowest BCUT2D eigenvalue weighted by Gasteiger charge is -2.45. The van der Waals surface area contributed by atoms with Gasteiger partial charge in [-0.2, -0.15) is 0 Å². The van der Waals surface area contributed by atoms with Gasteiger partial charge in [-0.25, -0.2) is 0 Å². The Morgan fingerprint density at radius 2 is 2.08 bits per heavy atom. The molecule has 0 aromatic heterocycles. The van der Waals surface area contributed by atoms with Crippen LogP contribution in [0, 0.1) is 0 Å². The van der Waals surface area contributed by atoms with Gasteiger partial charge in [-0.05, 0) is 67.3 Å². The zero-order valence-corrected chi connectivity index (χ0v) is 16.0. The van der Waals surface area contributed by atoms with Gasteiger partial charge in [0.15, 0.2) is 0 Å². The van der Waals surface area contributed by atoms with Gasteiger partial charge in [-0.3, -0.25) is 14.5 Å². The fourth-order valence-corrected chi connectivity index (χ4v) is 4.47. The number of nitrogens with zero attached hydrogens (tertiary/aromatic N) is 2. The summed E-state index contributed by atoms with van der Waals surface area (Å²) < 4.78 is 0. The average Bonchev–Trinajstić information content (AvgIpc) is 2.80. The summed E-state index contributed by atoms with van der Waals surface area (Å²) in [6, 6.07) is 6.28. The highest BCUT2D eigenvalue weighted by Crippen LogP contribution is 2.43. The number of rotatable bonds is 3. The molecule has 1 saturated heterocycles. The Kier molecular flexibility index (Phi) is 4.54. The Balaban J connectivity index is 1.94. The minimum absolute atomic E-state index is 0.126. The Bertz CT molecular complexity index is 782. The fraction of sp³-hybridized carbons (Fsp3) is 0.400. The minimum atomic E-state index is -0.237. The van der Waals surface area contributed by atoms with Crippen LogP contribution < -0.4 is 4.90 Å². The van der Waals surface area contributed by atoms with Gasteiger partial charge in [0.2, 0.25) is 0 Å². The van der Waals surface area contributed by atoms with Gasteiger partial charge in [0.25, 0.3) is 11.1 Å². The molecule has 25 heavy (non-hydrogen) atoms. The van der Waals surface area contributed by atoms with Crippen molar-refractivity contribution in [3.8, 4) is 0 Å². The molecular weight excluding hydrogens is 332 g/mol. The van der Waals surface area contributed by atoms with E-state index >= 15 is 0 Å². The maximum absolute atomic E-state index is 12.4. The smallest absolute Gasteiger partial charge is 0.293 e. The molecule has 0 radical (unpaired) electrons. The molecule has 2 amide bonds. The van der Waals surface area contributed by atoms with Crippen LogP contribution in [0.25, 0.3) is 6.08 Å². The van der Waals surface area contributed by atoms with E-state index in [1.165, 1.54) is 16.2 Å². The van der Waals surface area contributed by atoms with E-state index in [0.717, 1.165) is 23.7 Å². The molecular formula is C20H24N2O2S. The molecule has 0 aliphatic carbocycles. The lowest BCUT2D eigenvalue weighted by atomic mass is 9.80. The molecule has 0 spiro atoms. The SMILES string of the molecule is C=CCN1C(=O)S/C(=C\c2ccc3c(c2)[C@H](C)CC(C)(C)N3C)C1=O. The highest BCUT2D eigenvalue weighted by molar-refractivity contribution is 8.18. The van der Waals surface area contributed by atoms with Crippen LogP contribution in [0.1, 0.15) is 44.2 Å². The first kappa shape index (κ1) is 17.8. The lowest BCUT2D eigenvalue weighted by molar-refractivity contribution is -0.122. The fourth-order valence-electron chi connectivity index (χ4n) is 3.62. The van der Waals surface area contributed by atoms with E-state index in [4.69, 9.17) is 0 Å². The van der Waals surface area contributed by atoms with E-state index in [2.05, 4.69) is 51.4 Å². The number of hydrogen-bond donors (Lipinski definition) is 0. The summed E-state index contributed by atoms with van der Waals surface area (Å²) in [7, 11) is 2.13. The molecule has 3 rings (SSSR count). The van der Waals surface area contributed by atoms with Crippen molar-refractivity contribution in [1.29, 1.82) is 0 Å². The molecule has 4 nitrogen and oxygen atoms in total. The zero-order valence-electron chi connectivity index (χ0n) is 15.2. The Morgan fingerprint density at radius 3 is 2.76 bits per heavy atom. The number of carbonyl (C=O) groups excluding carboxylic acids is 2. The van der Waals surface area contributed by atoms with Crippen molar-refractivity contribution >= 4 is 34.7 Å². The summed E-state index contributed by atoms with van der Waals surface area (Å²) >= 11 is 0.995. The van der Waals surface area contributed by atoms with Crippen LogP contribution in [0.5, 0.6) is 0 Å². The van der Waals surface area contributed by atoms with Crippen molar-refractivity contribution in [2.24, 2.45) is 0 Å². The third kappa shape index (κ3) is 3.13. The summed E-state index contributed by atoms with van der Waals surface area (Å²) in [6.45, 7) is 10.6. The monoisotopic (exact) mass is 356 g/mol. The highest BCUT2D eigenvalue weighted by atomic mass is 32.2. The first-order chi connectivity index (χ1) is 11.7. The number of benzene rings is 1. The summed E-state index contributed by atoms with van der Waals surface area (Å²) in [4.78, 5) is 28.3. The molecule has 1 aromatic carbocycles. The van der Waals surface area contributed by atoms with E-state index in [0.29, 0.717) is 10.8 Å². The van der Waals surface area contributed by atoms with E-state index in [9.17, 15) is 9.59 Å². The largest absolute Gasteiger partial charge is 0.369 e. The standard InChI is InChI=1S/C20H24N2O2S/c1-6-9-22-18(23)17(25-19(22)24)11-14-7-8-16-15(10-14)13(2)12-20(3,4)21(16)5/h6-8,10-11,13H,1,9,12H2,2-5H3/b17-11-/t13-/m1/s1. The molecule has 1 aromatic rings. The van der Waals surface area contributed by atoms with Gasteiger partial charge in [0.1, 0.15) is 0 Å². The number of amides is 2. The predicted octanol–water partition coefficient (Wildman–Crippen LogP) is 4.63. The van der Waals surface area contributed by atoms with Crippen molar-refractivity contribution in [2.45, 2.75) is 38.6 Å². The number of thioether (sulfide) groups is 1. The summed E-state index contributed by atoms with van der Waals surface area (Å²) in [5, 5.41) is -0.232. The molecule has 2 aliphatic rings. The first-order valence-electron chi connectivity index (χ1n) is 8.48. The number of anilines is 1. The maximum Gasteiger partial charge on any atom is 0.293 e. The topological polar surface area (TPSA) is 40.6 Å². The zero-order chi connectivity index (χ0) is 18.4. The second kappa shape index (κ2) is 6.37. The number of carbonyl (C=O) groups is 2. The van der Waals surface area contributed by atoms with Crippen molar-refractivity contribution in [1.82, 2.24) is 4.90 Å². The molecule has 2 aliphatic heterocycles. The second-order valence-electron chi connectivity index (χ2n) is 7.38. The van der Waals surface area contributed by atoms with Crippen LogP contribution in [0.3, 0.4) is 0 Å². The van der Waals surface area contributed by atoms with Crippen molar-refractivity contribution in [3.05, 3.63) is 46.9 Å². The third-order valence-electron chi connectivity index (χ3n) is 5.14. The predicted molar refractivity (Wildman–Crippen MR) is 105 cm³/mol. The van der Waals surface area contributed by atoms with E-state index < -0.39 is 0 Å². The molecule has 0 saturated carbocycles. The van der Waals surface area contributed by atoms with Gasteiger partial charge < -0.3 is 4.90 Å².